The summed E-state index contributed by atoms with van der Waals surface area (Å²) in [6.07, 6.45) is 10.2. The van der Waals surface area contributed by atoms with Crippen molar-refractivity contribution >= 4 is 33.8 Å². The van der Waals surface area contributed by atoms with Gasteiger partial charge >= 0.3 is 6.09 Å². The van der Waals surface area contributed by atoms with Gasteiger partial charge in [-0.05, 0) is 55.7 Å². The fourth-order valence-electron chi connectivity index (χ4n) is 6.22. The number of para-hydroxylation sites is 2. The van der Waals surface area contributed by atoms with Gasteiger partial charge in [0.05, 0.1) is 0 Å². The standard InChI is InChI=1S/C34H35N5O3/c1-33(21-25-22-37-27-14-4-3-13-26(25)27,39-32(41)42-28-15-9-11-24-12-10-20-36-30(24)28)31(40)38-23-34(17-6-2-7-18-34)29-16-5-8-19-35-29/h3-5,8-16,19-20,22,37H,2,6-7,17-18,21,23H2,1H3,(H,38,40)(H,39,41)/t33-/m0/s1. The van der Waals surface area contributed by atoms with Gasteiger partial charge in [0.1, 0.15) is 11.1 Å². The number of benzene rings is 2. The third kappa shape index (κ3) is 5.57. The first kappa shape index (κ1) is 27.4. The van der Waals surface area contributed by atoms with E-state index in [1.165, 1.54) is 6.42 Å². The summed E-state index contributed by atoms with van der Waals surface area (Å²) in [5.74, 6) is 0.0541. The third-order valence-corrected chi connectivity index (χ3v) is 8.50. The monoisotopic (exact) mass is 561 g/mol. The lowest BCUT2D eigenvalue weighted by Crippen LogP contribution is -2.60. The molecule has 3 aromatic heterocycles. The van der Waals surface area contributed by atoms with Crippen LogP contribution in [-0.4, -0.2) is 39.0 Å². The van der Waals surface area contributed by atoms with Gasteiger partial charge in [0.25, 0.3) is 0 Å². The number of amides is 2. The van der Waals surface area contributed by atoms with Crippen LogP contribution in [0.3, 0.4) is 0 Å². The molecule has 8 nitrogen and oxygen atoms in total. The van der Waals surface area contributed by atoms with Crippen molar-refractivity contribution in [2.24, 2.45) is 0 Å². The first-order chi connectivity index (χ1) is 20.5. The lowest BCUT2D eigenvalue weighted by atomic mass is 9.71. The Morgan fingerprint density at radius 1 is 0.929 bits per heavy atom. The molecule has 1 aliphatic rings. The Bertz CT molecular complexity index is 1710. The van der Waals surface area contributed by atoms with Crippen LogP contribution < -0.4 is 15.4 Å². The second kappa shape index (κ2) is 11.6. The van der Waals surface area contributed by atoms with Gasteiger partial charge in [-0.1, -0.05) is 61.7 Å². The Kier molecular flexibility index (Phi) is 7.61. The van der Waals surface area contributed by atoms with E-state index in [0.717, 1.165) is 53.2 Å². The minimum atomic E-state index is -1.31. The Morgan fingerprint density at radius 2 is 1.71 bits per heavy atom. The Labute approximate surface area is 244 Å². The normalized spacial score (nSPS) is 16.0. The molecule has 0 aliphatic heterocycles. The Balaban J connectivity index is 1.27. The van der Waals surface area contributed by atoms with Crippen LogP contribution in [0.25, 0.3) is 21.8 Å². The van der Waals surface area contributed by atoms with Gasteiger partial charge in [-0.15, -0.1) is 0 Å². The zero-order chi connectivity index (χ0) is 29.0. The summed E-state index contributed by atoms with van der Waals surface area (Å²) in [6.45, 7) is 2.19. The number of aromatic nitrogens is 3. The summed E-state index contributed by atoms with van der Waals surface area (Å²) >= 11 is 0. The molecule has 214 valence electrons. The zero-order valence-corrected chi connectivity index (χ0v) is 23.7. The van der Waals surface area contributed by atoms with Gasteiger partial charge in [-0.2, -0.15) is 0 Å². The van der Waals surface area contributed by atoms with Crippen molar-refractivity contribution in [1.82, 2.24) is 25.6 Å². The van der Waals surface area contributed by atoms with Crippen molar-refractivity contribution in [3.63, 3.8) is 0 Å². The molecule has 8 heteroatoms. The third-order valence-electron chi connectivity index (χ3n) is 8.50. The van der Waals surface area contributed by atoms with E-state index in [1.807, 2.05) is 73.1 Å². The smallest absolute Gasteiger partial charge is 0.408 e. The fourth-order valence-corrected chi connectivity index (χ4v) is 6.22. The van der Waals surface area contributed by atoms with E-state index in [9.17, 15) is 9.59 Å². The Hall–Kier alpha value is -4.72. The number of fused-ring (bicyclic) bond motifs is 2. The van der Waals surface area contributed by atoms with Crippen LogP contribution in [-0.2, 0) is 16.6 Å². The van der Waals surface area contributed by atoms with Crippen molar-refractivity contribution in [1.29, 1.82) is 0 Å². The quantitative estimate of drug-likeness (QED) is 0.208. The number of aromatic amines is 1. The number of nitrogens with zero attached hydrogens (tertiary/aromatic N) is 2. The van der Waals surface area contributed by atoms with Crippen LogP contribution >= 0.6 is 0 Å². The average molecular weight is 562 g/mol. The van der Waals surface area contributed by atoms with Gasteiger partial charge in [0.2, 0.25) is 5.91 Å². The van der Waals surface area contributed by atoms with Gasteiger partial charge in [0.15, 0.2) is 5.75 Å². The van der Waals surface area contributed by atoms with Crippen LogP contribution in [0.1, 0.15) is 50.3 Å². The predicted molar refractivity (Wildman–Crippen MR) is 163 cm³/mol. The van der Waals surface area contributed by atoms with Crippen molar-refractivity contribution in [3.05, 3.63) is 103 Å². The number of rotatable bonds is 8. The van der Waals surface area contributed by atoms with Crippen LogP contribution in [0.4, 0.5) is 4.79 Å². The summed E-state index contributed by atoms with van der Waals surface area (Å²) < 4.78 is 5.75. The maximum absolute atomic E-state index is 14.1. The predicted octanol–water partition coefficient (Wildman–Crippen LogP) is 6.22. The highest BCUT2D eigenvalue weighted by atomic mass is 16.6. The fraction of sp³-hybridized carbons (Fsp3) is 0.294. The number of hydrogen-bond donors (Lipinski definition) is 3. The van der Waals surface area contributed by atoms with Crippen LogP contribution in [0, 0.1) is 0 Å². The molecule has 0 bridgehead atoms. The zero-order valence-electron chi connectivity index (χ0n) is 23.7. The number of hydrogen-bond acceptors (Lipinski definition) is 5. The van der Waals surface area contributed by atoms with E-state index < -0.39 is 11.6 Å². The molecule has 1 atom stereocenters. The van der Waals surface area contributed by atoms with Crippen LogP contribution in [0.2, 0.25) is 0 Å². The SMILES string of the molecule is C[C@@](Cc1c[nH]c2ccccc12)(NC(=O)Oc1cccc2cccnc12)C(=O)NCC1(c2ccccn2)CCCCC1. The summed E-state index contributed by atoms with van der Waals surface area (Å²) in [5, 5.41) is 8.00. The molecule has 2 amide bonds. The molecule has 6 rings (SSSR count). The highest BCUT2D eigenvalue weighted by molar-refractivity contribution is 5.93. The molecule has 0 saturated heterocycles. The van der Waals surface area contributed by atoms with E-state index in [1.54, 1.807) is 19.2 Å². The molecular weight excluding hydrogens is 526 g/mol. The van der Waals surface area contributed by atoms with Crippen molar-refractivity contribution in [2.75, 3.05) is 6.54 Å². The first-order valence-corrected chi connectivity index (χ1v) is 14.5. The number of nitrogens with one attached hydrogen (secondary N) is 3. The van der Waals surface area contributed by atoms with Gasteiger partial charge in [-0.3, -0.25) is 14.8 Å². The molecule has 0 spiro atoms. The van der Waals surface area contributed by atoms with Crippen LogP contribution in [0.15, 0.2) is 91.4 Å². The molecule has 3 heterocycles. The molecule has 2 aromatic carbocycles. The summed E-state index contributed by atoms with van der Waals surface area (Å²) in [5.41, 5.74) is 1.92. The van der Waals surface area contributed by atoms with Crippen molar-refractivity contribution in [3.8, 4) is 5.75 Å². The molecule has 1 aliphatic carbocycles. The van der Waals surface area contributed by atoms with E-state index in [2.05, 4.69) is 31.7 Å². The number of carbonyl (C=O) groups is 2. The Morgan fingerprint density at radius 3 is 2.55 bits per heavy atom. The van der Waals surface area contributed by atoms with Gasteiger partial charge in [-0.25, -0.2) is 4.79 Å². The summed E-state index contributed by atoms with van der Waals surface area (Å²) in [6, 6.07) is 23.1. The number of ether oxygens (including phenoxy) is 1. The maximum atomic E-state index is 14.1. The number of H-pyrrole nitrogens is 1. The number of carbonyl (C=O) groups excluding carboxylic acids is 2. The molecule has 0 radical (unpaired) electrons. The van der Waals surface area contributed by atoms with Crippen molar-refractivity contribution < 1.29 is 14.3 Å². The van der Waals surface area contributed by atoms with Gasteiger partial charge < -0.3 is 20.4 Å². The highest BCUT2D eigenvalue weighted by Gasteiger charge is 2.40. The average Bonchev–Trinajstić information content (AvgIpc) is 3.43. The molecule has 5 aromatic rings. The summed E-state index contributed by atoms with van der Waals surface area (Å²) in [4.78, 5) is 39.9. The maximum Gasteiger partial charge on any atom is 0.413 e. The lowest BCUT2D eigenvalue weighted by Gasteiger charge is -2.38. The van der Waals surface area contributed by atoms with Crippen molar-refractivity contribution in [2.45, 2.75) is 56.4 Å². The molecule has 0 unspecified atom stereocenters. The van der Waals surface area contributed by atoms with Crippen LogP contribution in [0.5, 0.6) is 5.75 Å². The molecular formula is C34H35N5O3. The minimum Gasteiger partial charge on any atom is -0.408 e. The lowest BCUT2D eigenvalue weighted by molar-refractivity contribution is -0.127. The molecule has 3 N–H and O–H groups in total. The summed E-state index contributed by atoms with van der Waals surface area (Å²) in [7, 11) is 0. The topological polar surface area (TPSA) is 109 Å². The second-order valence-electron chi connectivity index (χ2n) is 11.5. The molecule has 1 saturated carbocycles. The highest BCUT2D eigenvalue weighted by Crippen LogP contribution is 2.38. The van der Waals surface area contributed by atoms with E-state index in [4.69, 9.17) is 4.74 Å². The second-order valence-corrected chi connectivity index (χ2v) is 11.5. The van der Waals surface area contributed by atoms with Gasteiger partial charge in [0, 0.05) is 59.0 Å². The first-order valence-electron chi connectivity index (χ1n) is 14.5. The minimum absolute atomic E-state index is 0.244. The molecule has 42 heavy (non-hydrogen) atoms. The van der Waals surface area contributed by atoms with E-state index in [-0.39, 0.29) is 17.7 Å². The molecule has 1 fully saturated rings. The largest absolute Gasteiger partial charge is 0.413 e. The van der Waals surface area contributed by atoms with E-state index in [0.29, 0.717) is 17.8 Å². The van der Waals surface area contributed by atoms with E-state index >= 15 is 0 Å². The number of pyridine rings is 2.